The number of benzene rings is 2. The van der Waals surface area contributed by atoms with E-state index in [0.29, 0.717) is 12.2 Å². The van der Waals surface area contributed by atoms with Gasteiger partial charge in [-0.3, -0.25) is 4.79 Å². The molecule has 0 unspecified atom stereocenters. The molecule has 0 aromatic heterocycles. The zero-order chi connectivity index (χ0) is 18.9. The molecule has 1 aliphatic rings. The Kier molecular flexibility index (Phi) is 5.28. The minimum atomic E-state index is -0.331. The predicted molar refractivity (Wildman–Crippen MR) is 106 cm³/mol. The number of rotatable bonds is 4. The molecule has 0 bridgehead atoms. The topological polar surface area (TPSA) is 47.6 Å². The Morgan fingerprint density at radius 1 is 1.27 bits per heavy atom. The molecular weight excluding hydrogens is 394 g/mol. The average Bonchev–Trinajstić information content (AvgIpc) is 2.54. The van der Waals surface area contributed by atoms with Crippen molar-refractivity contribution < 1.29 is 14.3 Å². The molecule has 0 saturated carbocycles. The van der Waals surface area contributed by atoms with E-state index in [1.807, 2.05) is 64.1 Å². The molecule has 0 spiro atoms. The van der Waals surface area contributed by atoms with Crippen molar-refractivity contribution in [3.05, 3.63) is 57.6 Å². The van der Waals surface area contributed by atoms with Crippen LogP contribution in [0.5, 0.6) is 11.5 Å². The van der Waals surface area contributed by atoms with Crippen LogP contribution in [0.3, 0.4) is 0 Å². The number of amides is 1. The van der Waals surface area contributed by atoms with Gasteiger partial charge < -0.3 is 14.8 Å². The number of nitrogens with one attached hydrogen (secondary N) is 1. The fraction of sp³-hybridized carbons (Fsp3) is 0.381. The molecule has 0 saturated heterocycles. The van der Waals surface area contributed by atoms with Gasteiger partial charge >= 0.3 is 0 Å². The van der Waals surface area contributed by atoms with E-state index in [2.05, 4.69) is 21.2 Å². The molecule has 1 aliphatic heterocycles. The predicted octanol–water partition coefficient (Wildman–Crippen LogP) is 4.86. The highest BCUT2D eigenvalue weighted by Gasteiger charge is 2.34. The summed E-state index contributed by atoms with van der Waals surface area (Å²) in [6.07, 6.45) is 0.714. The van der Waals surface area contributed by atoms with Crippen molar-refractivity contribution in [2.45, 2.75) is 45.8 Å². The van der Waals surface area contributed by atoms with Gasteiger partial charge in [0.2, 0.25) is 0 Å². The van der Waals surface area contributed by atoms with Gasteiger partial charge in [0.1, 0.15) is 17.1 Å². The summed E-state index contributed by atoms with van der Waals surface area (Å²) in [5, 5.41) is 3.09. The third-order valence-electron chi connectivity index (χ3n) is 4.46. The van der Waals surface area contributed by atoms with Gasteiger partial charge in [0.25, 0.3) is 5.91 Å². The maximum Gasteiger partial charge on any atom is 0.258 e. The van der Waals surface area contributed by atoms with E-state index in [-0.39, 0.29) is 24.2 Å². The second kappa shape index (κ2) is 7.31. The van der Waals surface area contributed by atoms with Gasteiger partial charge in [0.05, 0.1) is 6.04 Å². The van der Waals surface area contributed by atoms with Crippen molar-refractivity contribution in [3.63, 3.8) is 0 Å². The van der Waals surface area contributed by atoms with Crippen LogP contribution in [-0.4, -0.2) is 18.1 Å². The lowest BCUT2D eigenvalue weighted by Gasteiger charge is -2.38. The number of carbonyl (C=O) groups excluding carboxylic acids is 1. The van der Waals surface area contributed by atoms with E-state index in [9.17, 15) is 4.79 Å². The molecule has 2 aromatic carbocycles. The summed E-state index contributed by atoms with van der Waals surface area (Å²) in [5.74, 6) is 1.39. The molecule has 4 nitrogen and oxygen atoms in total. The van der Waals surface area contributed by atoms with Crippen LogP contribution < -0.4 is 14.8 Å². The number of hydrogen-bond donors (Lipinski definition) is 1. The lowest BCUT2D eigenvalue weighted by Crippen LogP contribution is -2.42. The molecule has 138 valence electrons. The molecule has 1 atom stereocenters. The van der Waals surface area contributed by atoms with E-state index in [1.54, 1.807) is 0 Å². The SMILES string of the molecule is Cc1ccc2c(c1)OC(C)(C)C[C@@H]2NC(=O)COc1ccc(Br)c(C)c1. The van der Waals surface area contributed by atoms with Crippen LogP contribution in [0.15, 0.2) is 40.9 Å². The van der Waals surface area contributed by atoms with E-state index >= 15 is 0 Å². The number of hydrogen-bond acceptors (Lipinski definition) is 3. The van der Waals surface area contributed by atoms with Crippen LogP contribution in [0.2, 0.25) is 0 Å². The molecule has 5 heteroatoms. The van der Waals surface area contributed by atoms with Crippen molar-refractivity contribution in [3.8, 4) is 11.5 Å². The van der Waals surface area contributed by atoms with Gasteiger partial charge in [-0.2, -0.15) is 0 Å². The Hall–Kier alpha value is -2.01. The fourth-order valence-corrected chi connectivity index (χ4v) is 3.43. The van der Waals surface area contributed by atoms with E-state index in [1.165, 1.54) is 0 Å². The summed E-state index contributed by atoms with van der Waals surface area (Å²) in [6, 6.07) is 11.7. The molecule has 1 amide bonds. The van der Waals surface area contributed by atoms with Crippen LogP contribution in [0.1, 0.15) is 43.0 Å². The summed E-state index contributed by atoms with van der Waals surface area (Å²) < 4.78 is 12.7. The Morgan fingerprint density at radius 2 is 2.04 bits per heavy atom. The minimum Gasteiger partial charge on any atom is -0.487 e. The van der Waals surface area contributed by atoms with Crippen molar-refractivity contribution >= 4 is 21.8 Å². The molecule has 0 fully saturated rings. The lowest BCUT2D eigenvalue weighted by molar-refractivity contribution is -0.124. The van der Waals surface area contributed by atoms with Gasteiger partial charge in [-0.05, 0) is 63.1 Å². The smallest absolute Gasteiger partial charge is 0.258 e. The fourth-order valence-electron chi connectivity index (χ4n) is 3.18. The number of fused-ring (bicyclic) bond motifs is 1. The van der Waals surface area contributed by atoms with Crippen LogP contribution in [0.4, 0.5) is 0 Å². The van der Waals surface area contributed by atoms with Crippen molar-refractivity contribution in [1.29, 1.82) is 0 Å². The van der Waals surface area contributed by atoms with E-state index < -0.39 is 0 Å². The maximum absolute atomic E-state index is 12.4. The molecule has 2 aromatic rings. The Bertz CT molecular complexity index is 832. The number of aryl methyl sites for hydroxylation is 2. The number of ether oxygens (including phenoxy) is 2. The maximum atomic E-state index is 12.4. The molecule has 0 radical (unpaired) electrons. The van der Waals surface area contributed by atoms with Crippen molar-refractivity contribution in [2.24, 2.45) is 0 Å². The summed E-state index contributed by atoms with van der Waals surface area (Å²) in [5.41, 5.74) is 2.89. The zero-order valence-corrected chi connectivity index (χ0v) is 17.1. The van der Waals surface area contributed by atoms with Gasteiger partial charge in [-0.1, -0.05) is 28.1 Å². The van der Waals surface area contributed by atoms with Gasteiger partial charge in [0, 0.05) is 16.5 Å². The van der Waals surface area contributed by atoms with E-state index in [0.717, 1.165) is 26.9 Å². The average molecular weight is 418 g/mol. The second-order valence-corrected chi connectivity index (χ2v) is 8.28. The third kappa shape index (κ3) is 4.39. The van der Waals surface area contributed by atoms with Crippen LogP contribution in [-0.2, 0) is 4.79 Å². The molecule has 0 aliphatic carbocycles. The van der Waals surface area contributed by atoms with Crippen molar-refractivity contribution in [1.82, 2.24) is 5.32 Å². The molecular formula is C21H24BrNO3. The quantitative estimate of drug-likeness (QED) is 0.771. The second-order valence-electron chi connectivity index (χ2n) is 7.43. The highest BCUT2D eigenvalue weighted by atomic mass is 79.9. The van der Waals surface area contributed by atoms with Crippen LogP contribution in [0, 0.1) is 13.8 Å². The summed E-state index contributed by atoms with van der Waals surface area (Å²) in [7, 11) is 0. The summed E-state index contributed by atoms with van der Waals surface area (Å²) in [6.45, 7) is 8.09. The van der Waals surface area contributed by atoms with Crippen LogP contribution in [0.25, 0.3) is 0 Å². The Labute approximate surface area is 163 Å². The molecule has 26 heavy (non-hydrogen) atoms. The van der Waals surface area contributed by atoms with Gasteiger partial charge in [-0.25, -0.2) is 0 Å². The summed E-state index contributed by atoms with van der Waals surface area (Å²) >= 11 is 3.46. The zero-order valence-electron chi connectivity index (χ0n) is 15.6. The van der Waals surface area contributed by atoms with Gasteiger partial charge in [0.15, 0.2) is 6.61 Å². The number of carbonyl (C=O) groups is 1. The first-order chi connectivity index (χ1) is 12.2. The Morgan fingerprint density at radius 3 is 2.77 bits per heavy atom. The van der Waals surface area contributed by atoms with Crippen LogP contribution >= 0.6 is 15.9 Å². The first-order valence-corrected chi connectivity index (χ1v) is 9.51. The molecule has 1 N–H and O–H groups in total. The minimum absolute atomic E-state index is 0.0138. The highest BCUT2D eigenvalue weighted by molar-refractivity contribution is 9.10. The number of halogens is 1. The molecule has 3 rings (SSSR count). The largest absolute Gasteiger partial charge is 0.487 e. The normalized spacial score (nSPS) is 17.8. The highest BCUT2D eigenvalue weighted by Crippen LogP contribution is 2.39. The van der Waals surface area contributed by atoms with Crippen molar-refractivity contribution in [2.75, 3.05) is 6.61 Å². The summed E-state index contributed by atoms with van der Waals surface area (Å²) in [4.78, 5) is 12.4. The third-order valence-corrected chi connectivity index (χ3v) is 5.35. The lowest BCUT2D eigenvalue weighted by atomic mass is 9.89. The standard InChI is InChI=1S/C21H24BrNO3/c1-13-5-7-16-18(11-21(3,4)26-19(16)9-13)23-20(24)12-25-15-6-8-17(22)14(2)10-15/h5-10,18H,11-12H2,1-4H3,(H,23,24)/t18-/m0/s1. The monoisotopic (exact) mass is 417 g/mol. The first kappa shape index (κ1) is 18.8. The Balaban J connectivity index is 1.68. The molecule has 1 heterocycles. The van der Waals surface area contributed by atoms with E-state index in [4.69, 9.17) is 9.47 Å². The first-order valence-electron chi connectivity index (χ1n) is 8.71. The van der Waals surface area contributed by atoms with Gasteiger partial charge in [-0.15, -0.1) is 0 Å².